The second-order valence-corrected chi connectivity index (χ2v) is 9.54. The van der Waals surface area contributed by atoms with Crippen LogP contribution in [0.4, 0.5) is 10.5 Å². The van der Waals surface area contributed by atoms with Gasteiger partial charge in [0.05, 0.1) is 7.11 Å². The van der Waals surface area contributed by atoms with Crippen LogP contribution in [-0.4, -0.2) is 72.5 Å². The zero-order chi connectivity index (χ0) is 24.5. The van der Waals surface area contributed by atoms with Crippen LogP contribution in [0.1, 0.15) is 44.1 Å². The first-order valence-electron chi connectivity index (χ1n) is 12.9. The van der Waals surface area contributed by atoms with Gasteiger partial charge in [-0.1, -0.05) is 49.6 Å². The van der Waals surface area contributed by atoms with Crippen molar-refractivity contribution < 1.29 is 14.3 Å². The van der Waals surface area contributed by atoms with Crippen molar-refractivity contribution in [1.29, 1.82) is 0 Å². The molecule has 0 spiro atoms. The first-order valence-corrected chi connectivity index (χ1v) is 12.9. The fourth-order valence-electron chi connectivity index (χ4n) is 5.08. The van der Waals surface area contributed by atoms with Gasteiger partial charge in [-0.3, -0.25) is 9.69 Å². The number of rotatable bonds is 8. The molecule has 1 saturated carbocycles. The zero-order valence-electron chi connectivity index (χ0n) is 20.8. The molecule has 7 nitrogen and oxygen atoms in total. The van der Waals surface area contributed by atoms with Crippen molar-refractivity contribution in [2.24, 2.45) is 0 Å². The van der Waals surface area contributed by atoms with E-state index in [1.54, 1.807) is 7.11 Å². The lowest BCUT2D eigenvalue weighted by Crippen LogP contribution is -2.50. The van der Waals surface area contributed by atoms with Gasteiger partial charge < -0.3 is 19.9 Å². The van der Waals surface area contributed by atoms with Crippen LogP contribution in [0.15, 0.2) is 54.6 Å². The third kappa shape index (κ3) is 7.21. The fourth-order valence-corrected chi connectivity index (χ4v) is 5.08. The number of carbonyl (C=O) groups is 2. The molecule has 1 N–H and O–H groups in total. The second-order valence-electron chi connectivity index (χ2n) is 9.54. The van der Waals surface area contributed by atoms with Crippen molar-refractivity contribution in [3.63, 3.8) is 0 Å². The summed E-state index contributed by atoms with van der Waals surface area (Å²) < 4.78 is 5.21. The molecule has 0 bridgehead atoms. The van der Waals surface area contributed by atoms with Gasteiger partial charge >= 0.3 is 6.03 Å². The highest BCUT2D eigenvalue weighted by atomic mass is 16.5. The van der Waals surface area contributed by atoms with Crippen LogP contribution in [0.3, 0.4) is 0 Å². The van der Waals surface area contributed by atoms with Crippen molar-refractivity contribution in [3.05, 3.63) is 60.2 Å². The highest BCUT2D eigenvalue weighted by molar-refractivity contribution is 5.90. The molecule has 0 atom stereocenters. The van der Waals surface area contributed by atoms with Crippen LogP contribution in [0, 0.1) is 0 Å². The van der Waals surface area contributed by atoms with Gasteiger partial charge in [0.15, 0.2) is 0 Å². The molecule has 7 heteroatoms. The second kappa shape index (κ2) is 12.6. The molecule has 1 aliphatic carbocycles. The number of urea groups is 1. The Morgan fingerprint density at radius 1 is 0.943 bits per heavy atom. The van der Waals surface area contributed by atoms with Crippen molar-refractivity contribution in [2.45, 2.75) is 51.1 Å². The lowest BCUT2D eigenvalue weighted by Gasteiger charge is -2.37. The van der Waals surface area contributed by atoms with Gasteiger partial charge in [0, 0.05) is 57.4 Å². The third-order valence-corrected chi connectivity index (χ3v) is 7.16. The quantitative estimate of drug-likeness (QED) is 0.602. The normalized spacial score (nSPS) is 17.1. The van der Waals surface area contributed by atoms with Gasteiger partial charge in [0.25, 0.3) is 0 Å². The summed E-state index contributed by atoms with van der Waals surface area (Å²) in [6.45, 7) is 4.62. The van der Waals surface area contributed by atoms with Crippen molar-refractivity contribution in [2.75, 3.05) is 45.2 Å². The SMILES string of the molecule is COc1ccc(NC(=O)N(CCC(=O)N2CCN(Cc3ccccc3)CC2)C2CCCCC2)cc1. The summed E-state index contributed by atoms with van der Waals surface area (Å²) in [4.78, 5) is 32.5. The number of amides is 3. The molecular formula is C28H38N4O3. The van der Waals surface area contributed by atoms with E-state index in [9.17, 15) is 9.59 Å². The Morgan fingerprint density at radius 2 is 1.63 bits per heavy atom. The Kier molecular flexibility index (Phi) is 9.01. The topological polar surface area (TPSA) is 65.1 Å². The van der Waals surface area contributed by atoms with Crippen LogP contribution in [0.25, 0.3) is 0 Å². The number of piperazine rings is 1. The molecule has 2 aromatic rings. The molecule has 1 aliphatic heterocycles. The molecule has 1 saturated heterocycles. The number of nitrogens with one attached hydrogen (secondary N) is 1. The van der Waals surface area contributed by atoms with E-state index in [1.165, 1.54) is 12.0 Å². The summed E-state index contributed by atoms with van der Waals surface area (Å²) in [6.07, 6.45) is 5.86. The molecule has 4 rings (SSSR count). The molecule has 1 heterocycles. The highest BCUT2D eigenvalue weighted by Crippen LogP contribution is 2.24. The number of carbonyl (C=O) groups excluding carboxylic acids is 2. The minimum atomic E-state index is -0.123. The van der Waals surface area contributed by atoms with Crippen molar-refractivity contribution in [1.82, 2.24) is 14.7 Å². The molecule has 188 valence electrons. The Hall–Kier alpha value is -3.06. The lowest BCUT2D eigenvalue weighted by molar-refractivity contribution is -0.133. The van der Waals surface area contributed by atoms with Gasteiger partial charge in [-0.15, -0.1) is 0 Å². The first-order chi connectivity index (χ1) is 17.1. The van der Waals surface area contributed by atoms with E-state index in [0.717, 1.165) is 69.8 Å². The Balaban J connectivity index is 1.29. The van der Waals surface area contributed by atoms with E-state index >= 15 is 0 Å². The largest absolute Gasteiger partial charge is 0.497 e. The van der Waals surface area contributed by atoms with Gasteiger partial charge in [0.2, 0.25) is 5.91 Å². The maximum atomic E-state index is 13.2. The van der Waals surface area contributed by atoms with Gasteiger partial charge in [-0.25, -0.2) is 4.79 Å². The maximum absolute atomic E-state index is 13.2. The number of ether oxygens (including phenoxy) is 1. The van der Waals surface area contributed by atoms with Crippen molar-refractivity contribution in [3.8, 4) is 5.75 Å². The summed E-state index contributed by atoms with van der Waals surface area (Å²) in [5.74, 6) is 0.893. The standard InChI is InChI=1S/C28H38N4O3/c1-35-26-14-12-24(13-15-26)29-28(34)32(25-10-6-3-7-11-25)17-16-27(33)31-20-18-30(19-21-31)22-23-8-4-2-5-9-23/h2,4-5,8-9,12-15,25H,3,6-7,10-11,16-22H2,1H3,(H,29,34). The van der Waals surface area contributed by atoms with Crippen molar-refractivity contribution >= 4 is 17.6 Å². The van der Waals surface area contributed by atoms with E-state index in [1.807, 2.05) is 40.1 Å². The summed E-state index contributed by atoms with van der Waals surface area (Å²) in [5.41, 5.74) is 2.04. The number of nitrogens with zero attached hydrogens (tertiary/aromatic N) is 3. The molecule has 3 amide bonds. The highest BCUT2D eigenvalue weighted by Gasteiger charge is 2.28. The zero-order valence-corrected chi connectivity index (χ0v) is 20.8. The minimum absolute atomic E-state index is 0.123. The summed E-state index contributed by atoms with van der Waals surface area (Å²) >= 11 is 0. The van der Waals surface area contributed by atoms with Gasteiger partial charge in [0.1, 0.15) is 5.75 Å². The Morgan fingerprint density at radius 3 is 2.29 bits per heavy atom. The van der Waals surface area contributed by atoms with Crippen LogP contribution >= 0.6 is 0 Å². The average molecular weight is 479 g/mol. The fraction of sp³-hybridized carbons (Fsp3) is 0.500. The molecular weight excluding hydrogens is 440 g/mol. The van der Waals surface area contributed by atoms with E-state index < -0.39 is 0 Å². The summed E-state index contributed by atoms with van der Waals surface area (Å²) in [5, 5.41) is 3.02. The van der Waals surface area contributed by atoms with Crippen LogP contribution in [0.2, 0.25) is 0 Å². The van der Waals surface area contributed by atoms with E-state index in [-0.39, 0.29) is 18.0 Å². The van der Waals surface area contributed by atoms with E-state index in [2.05, 4.69) is 34.5 Å². The molecule has 0 unspecified atom stereocenters. The van der Waals surface area contributed by atoms with Crippen LogP contribution < -0.4 is 10.1 Å². The monoisotopic (exact) mass is 478 g/mol. The van der Waals surface area contributed by atoms with Crippen LogP contribution in [0.5, 0.6) is 5.75 Å². The predicted octanol–water partition coefficient (Wildman–Crippen LogP) is 4.60. The van der Waals surface area contributed by atoms with Gasteiger partial charge in [-0.05, 0) is 42.7 Å². The number of methoxy groups -OCH3 is 1. The first kappa shape index (κ1) is 25.0. The Bertz CT molecular complexity index is 936. The Labute approximate surface area is 209 Å². The molecule has 35 heavy (non-hydrogen) atoms. The molecule has 2 fully saturated rings. The number of hydrogen-bond acceptors (Lipinski definition) is 4. The smallest absolute Gasteiger partial charge is 0.322 e. The number of anilines is 1. The summed E-state index contributed by atoms with van der Waals surface area (Å²) in [7, 11) is 1.62. The third-order valence-electron chi connectivity index (χ3n) is 7.16. The number of hydrogen-bond donors (Lipinski definition) is 1. The molecule has 0 radical (unpaired) electrons. The van der Waals surface area contributed by atoms with E-state index in [0.29, 0.717) is 13.0 Å². The van der Waals surface area contributed by atoms with E-state index in [4.69, 9.17) is 4.74 Å². The maximum Gasteiger partial charge on any atom is 0.322 e. The lowest BCUT2D eigenvalue weighted by atomic mass is 9.94. The predicted molar refractivity (Wildman–Crippen MR) is 139 cm³/mol. The number of benzene rings is 2. The van der Waals surface area contributed by atoms with Crippen LogP contribution in [-0.2, 0) is 11.3 Å². The molecule has 2 aromatic carbocycles. The average Bonchev–Trinajstić information content (AvgIpc) is 2.91. The summed E-state index contributed by atoms with van der Waals surface area (Å²) in [6, 6.07) is 17.9. The minimum Gasteiger partial charge on any atom is -0.497 e. The van der Waals surface area contributed by atoms with Gasteiger partial charge in [-0.2, -0.15) is 0 Å². The molecule has 2 aliphatic rings. The molecule has 0 aromatic heterocycles.